The molecule has 9 heteroatoms. The SMILES string of the molecule is CCOP(=O)(CC(CN(Cc1ccccc1)OC(C)=O)OC(C)=O)OCC. The van der Waals surface area contributed by atoms with Crippen molar-refractivity contribution in [3.63, 3.8) is 0 Å². The molecule has 0 aromatic heterocycles. The summed E-state index contributed by atoms with van der Waals surface area (Å²) in [5.41, 5.74) is 0.901. The van der Waals surface area contributed by atoms with Gasteiger partial charge >= 0.3 is 19.5 Å². The number of ether oxygens (including phenoxy) is 1. The maximum Gasteiger partial charge on any atom is 0.334 e. The Labute approximate surface area is 160 Å². The minimum atomic E-state index is -3.45. The summed E-state index contributed by atoms with van der Waals surface area (Å²) in [6, 6.07) is 9.36. The van der Waals surface area contributed by atoms with Crippen LogP contribution in [0.4, 0.5) is 0 Å². The highest BCUT2D eigenvalue weighted by atomic mass is 31.2. The van der Waals surface area contributed by atoms with Crippen LogP contribution < -0.4 is 0 Å². The molecule has 1 unspecified atom stereocenters. The molecular formula is C18H28NO7P. The topological polar surface area (TPSA) is 91.4 Å². The normalized spacial score (nSPS) is 12.6. The fourth-order valence-corrected chi connectivity index (χ4v) is 4.24. The number of carbonyl (C=O) groups is 2. The third-order valence-electron chi connectivity index (χ3n) is 3.28. The zero-order chi connectivity index (χ0) is 20.3. The van der Waals surface area contributed by atoms with Gasteiger partial charge in [-0.25, -0.2) is 0 Å². The predicted molar refractivity (Wildman–Crippen MR) is 99.9 cm³/mol. The van der Waals surface area contributed by atoms with Crippen molar-refractivity contribution in [2.24, 2.45) is 0 Å². The minimum Gasteiger partial charge on any atom is -0.460 e. The van der Waals surface area contributed by atoms with Gasteiger partial charge in [-0.2, -0.15) is 0 Å². The maximum atomic E-state index is 12.8. The lowest BCUT2D eigenvalue weighted by Gasteiger charge is -2.27. The number of esters is 1. The lowest BCUT2D eigenvalue weighted by Crippen LogP contribution is -2.38. The zero-order valence-electron chi connectivity index (χ0n) is 16.3. The van der Waals surface area contributed by atoms with Gasteiger partial charge in [-0.1, -0.05) is 30.3 Å². The molecule has 0 aliphatic heterocycles. The Kier molecular flexibility index (Phi) is 10.3. The molecule has 0 N–H and O–H groups in total. The van der Waals surface area contributed by atoms with E-state index in [2.05, 4.69) is 0 Å². The van der Waals surface area contributed by atoms with Crippen molar-refractivity contribution in [3.8, 4) is 0 Å². The molecule has 1 aromatic rings. The summed E-state index contributed by atoms with van der Waals surface area (Å²) in [6.07, 6.45) is -0.977. The van der Waals surface area contributed by atoms with Gasteiger partial charge in [-0.3, -0.25) is 14.2 Å². The van der Waals surface area contributed by atoms with E-state index < -0.39 is 25.6 Å². The molecule has 0 saturated heterocycles. The van der Waals surface area contributed by atoms with E-state index in [0.29, 0.717) is 0 Å². The maximum absolute atomic E-state index is 12.8. The van der Waals surface area contributed by atoms with E-state index in [-0.39, 0.29) is 32.5 Å². The lowest BCUT2D eigenvalue weighted by atomic mass is 10.2. The third-order valence-corrected chi connectivity index (χ3v) is 5.44. The molecule has 0 aliphatic rings. The first-order valence-corrected chi connectivity index (χ1v) is 10.5. The van der Waals surface area contributed by atoms with E-state index in [0.717, 1.165) is 5.56 Å². The number of hydrogen-bond acceptors (Lipinski definition) is 8. The summed E-state index contributed by atoms with van der Waals surface area (Å²) in [4.78, 5) is 28.2. The average Bonchev–Trinajstić information content (AvgIpc) is 2.54. The molecule has 0 amide bonds. The second-order valence-electron chi connectivity index (χ2n) is 5.75. The van der Waals surface area contributed by atoms with Crippen LogP contribution in [-0.2, 0) is 39.3 Å². The quantitative estimate of drug-likeness (QED) is 0.300. The van der Waals surface area contributed by atoms with Gasteiger partial charge in [0.15, 0.2) is 0 Å². The van der Waals surface area contributed by atoms with Crippen molar-refractivity contribution in [3.05, 3.63) is 35.9 Å². The van der Waals surface area contributed by atoms with Gasteiger partial charge in [-0.15, -0.1) is 5.06 Å². The second kappa shape index (κ2) is 11.9. The Morgan fingerprint density at radius 3 is 2.11 bits per heavy atom. The standard InChI is InChI=1S/C18H28NO7P/c1-5-23-27(22,24-6-2)14-18(25-15(3)20)13-19(26-16(4)21)12-17-10-8-7-9-11-17/h7-11,18H,5-6,12-14H2,1-4H3. The van der Waals surface area contributed by atoms with E-state index >= 15 is 0 Å². The van der Waals surface area contributed by atoms with Crippen LogP contribution in [0, 0.1) is 0 Å². The van der Waals surface area contributed by atoms with Crippen LogP contribution in [0.5, 0.6) is 0 Å². The number of carbonyl (C=O) groups excluding carboxylic acids is 2. The summed E-state index contributed by atoms with van der Waals surface area (Å²) in [6.45, 7) is 6.64. The van der Waals surface area contributed by atoms with Gasteiger partial charge in [0.25, 0.3) is 0 Å². The van der Waals surface area contributed by atoms with Gasteiger partial charge in [0.05, 0.1) is 32.5 Å². The van der Waals surface area contributed by atoms with Crippen molar-refractivity contribution < 1.29 is 32.8 Å². The average molecular weight is 401 g/mol. The highest BCUT2D eigenvalue weighted by molar-refractivity contribution is 7.53. The van der Waals surface area contributed by atoms with E-state index in [9.17, 15) is 14.2 Å². The van der Waals surface area contributed by atoms with Gasteiger partial charge in [0, 0.05) is 13.8 Å². The lowest BCUT2D eigenvalue weighted by molar-refractivity contribution is -0.197. The van der Waals surface area contributed by atoms with E-state index in [1.54, 1.807) is 13.8 Å². The molecule has 0 aliphatic carbocycles. The Morgan fingerprint density at radius 2 is 1.63 bits per heavy atom. The molecule has 8 nitrogen and oxygen atoms in total. The van der Waals surface area contributed by atoms with Crippen LogP contribution in [0.1, 0.15) is 33.3 Å². The molecule has 1 atom stereocenters. The van der Waals surface area contributed by atoms with Crippen molar-refractivity contribution in [2.45, 2.75) is 40.3 Å². The molecule has 152 valence electrons. The largest absolute Gasteiger partial charge is 0.460 e. The summed E-state index contributed by atoms with van der Waals surface area (Å²) in [5, 5.41) is 1.37. The number of hydroxylamine groups is 2. The predicted octanol–water partition coefficient (Wildman–Crippen LogP) is 3.16. The summed E-state index contributed by atoms with van der Waals surface area (Å²) < 4.78 is 28.6. The third kappa shape index (κ3) is 9.68. The molecule has 0 spiro atoms. The van der Waals surface area contributed by atoms with Gasteiger partial charge in [0.1, 0.15) is 6.10 Å². The fraction of sp³-hybridized carbons (Fsp3) is 0.556. The number of nitrogens with zero attached hydrogens (tertiary/aromatic N) is 1. The van der Waals surface area contributed by atoms with Gasteiger partial charge < -0.3 is 18.6 Å². The number of hydrogen-bond donors (Lipinski definition) is 0. The number of rotatable bonds is 12. The van der Waals surface area contributed by atoms with Crippen molar-refractivity contribution in [1.82, 2.24) is 5.06 Å². The number of benzene rings is 1. The van der Waals surface area contributed by atoms with Crippen LogP contribution in [0.15, 0.2) is 30.3 Å². The van der Waals surface area contributed by atoms with Crippen LogP contribution in [0.2, 0.25) is 0 Å². The van der Waals surface area contributed by atoms with Crippen LogP contribution in [-0.4, -0.2) is 49.0 Å². The molecule has 0 radical (unpaired) electrons. The first-order valence-electron chi connectivity index (χ1n) is 8.80. The Morgan fingerprint density at radius 1 is 1.04 bits per heavy atom. The van der Waals surface area contributed by atoms with E-state index in [1.807, 2.05) is 30.3 Å². The van der Waals surface area contributed by atoms with Crippen LogP contribution in [0.25, 0.3) is 0 Å². The first kappa shape index (κ1) is 23.3. The Bertz CT molecular complexity index is 628. The molecular weight excluding hydrogens is 373 g/mol. The molecule has 1 aromatic carbocycles. The molecule has 0 saturated carbocycles. The Balaban J connectivity index is 2.95. The van der Waals surface area contributed by atoms with Gasteiger partial charge in [-0.05, 0) is 19.4 Å². The van der Waals surface area contributed by atoms with Crippen molar-refractivity contribution in [2.75, 3.05) is 25.9 Å². The molecule has 0 heterocycles. The molecule has 1 rings (SSSR count). The molecule has 0 bridgehead atoms. The smallest absolute Gasteiger partial charge is 0.334 e. The van der Waals surface area contributed by atoms with Gasteiger partial charge in [0.2, 0.25) is 0 Å². The second-order valence-corrected chi connectivity index (χ2v) is 7.85. The highest BCUT2D eigenvalue weighted by Gasteiger charge is 2.32. The van der Waals surface area contributed by atoms with E-state index in [4.69, 9.17) is 18.6 Å². The zero-order valence-corrected chi connectivity index (χ0v) is 17.1. The van der Waals surface area contributed by atoms with Crippen molar-refractivity contribution >= 4 is 19.5 Å². The summed E-state index contributed by atoms with van der Waals surface area (Å²) in [5.74, 6) is -1.05. The van der Waals surface area contributed by atoms with E-state index in [1.165, 1.54) is 18.9 Å². The van der Waals surface area contributed by atoms with Crippen LogP contribution >= 0.6 is 7.60 Å². The highest BCUT2D eigenvalue weighted by Crippen LogP contribution is 2.48. The summed E-state index contributed by atoms with van der Waals surface area (Å²) in [7, 11) is -3.45. The molecule has 0 fully saturated rings. The summed E-state index contributed by atoms with van der Waals surface area (Å²) >= 11 is 0. The first-order chi connectivity index (χ1) is 12.8. The van der Waals surface area contributed by atoms with Crippen molar-refractivity contribution in [1.29, 1.82) is 0 Å². The minimum absolute atomic E-state index is 0.0260. The fourth-order valence-electron chi connectivity index (χ4n) is 2.48. The molecule has 27 heavy (non-hydrogen) atoms. The Hall–Kier alpha value is -1.73. The van der Waals surface area contributed by atoms with Crippen LogP contribution in [0.3, 0.4) is 0 Å². The monoisotopic (exact) mass is 401 g/mol.